The summed E-state index contributed by atoms with van der Waals surface area (Å²) in [5, 5.41) is 12.7. The summed E-state index contributed by atoms with van der Waals surface area (Å²) in [4.78, 5) is 11.5. The van der Waals surface area contributed by atoms with E-state index in [0.717, 1.165) is 29.0 Å². The first kappa shape index (κ1) is 66.6. The summed E-state index contributed by atoms with van der Waals surface area (Å²) in [7, 11) is 10.2. The van der Waals surface area contributed by atoms with Gasteiger partial charge in [-0.3, -0.25) is 24.1 Å². The Morgan fingerprint density at radius 1 is 0.340 bits per heavy atom. The Morgan fingerprint density at radius 3 is 1.13 bits per heavy atom. The van der Waals surface area contributed by atoms with E-state index in [0.29, 0.717) is 31.7 Å². The average Bonchev–Trinajstić information content (AvgIpc) is 0.815. The molecule has 0 bridgehead atoms. The first-order valence-electron chi connectivity index (χ1n) is 41.5. The number of anilines is 5. The topological polar surface area (TPSA) is 35.6 Å². The summed E-state index contributed by atoms with van der Waals surface area (Å²) in [5.74, 6) is 18.8. The fourth-order valence-corrected chi connectivity index (χ4v) is 16.1. The van der Waals surface area contributed by atoms with Crippen LogP contribution in [-0.2, 0) is 41.7 Å². The second-order valence-electron chi connectivity index (χ2n) is 30.4. The lowest BCUT2D eigenvalue weighted by atomic mass is 9.61. The van der Waals surface area contributed by atoms with Gasteiger partial charge in [-0.2, -0.15) is 0 Å². The lowest BCUT2D eigenvalue weighted by molar-refractivity contribution is -0.658. The second-order valence-corrected chi connectivity index (χ2v) is 30.4. The molecule has 0 unspecified atom stereocenters. The predicted octanol–water partition coefficient (Wildman–Crippen LogP) is 8.57. The van der Waals surface area contributed by atoms with Gasteiger partial charge in [0.2, 0.25) is 0 Å². The maximum Gasteiger partial charge on any atom is 0.402 e. The normalized spacial score (nSPS) is 16.5. The van der Waals surface area contributed by atoms with Gasteiger partial charge >= 0.3 is 34.2 Å². The third kappa shape index (κ3) is 17.4. The van der Waals surface area contributed by atoms with Crippen molar-refractivity contribution in [3.63, 3.8) is 0 Å². The van der Waals surface area contributed by atoms with Crippen molar-refractivity contribution >= 4 is 124 Å². The van der Waals surface area contributed by atoms with Crippen LogP contribution in [0.3, 0.4) is 0 Å². The smallest absolute Gasteiger partial charge is 0.293 e. The van der Waals surface area contributed by atoms with Gasteiger partial charge in [0.15, 0.2) is 0 Å². The zero-order chi connectivity index (χ0) is 79.1. The van der Waals surface area contributed by atoms with Crippen LogP contribution in [0.2, 0.25) is 34.1 Å². The molecule has 15 heteroatoms. The molecule has 2 fully saturated rings. The fourth-order valence-electron chi connectivity index (χ4n) is 16.1. The number of fused-ring (bicyclic) bond motifs is 5. The van der Waals surface area contributed by atoms with Crippen LogP contribution in [0.1, 0.15) is 105 Å². The molecule has 5 aromatic heterocycles. The molecule has 2 aliphatic carbocycles. The van der Waals surface area contributed by atoms with Gasteiger partial charge in [-0.05, 0) is 177 Å². The van der Waals surface area contributed by atoms with Gasteiger partial charge in [0.25, 0.3) is 29.1 Å². The van der Waals surface area contributed by atoms with Crippen molar-refractivity contribution in [1.29, 1.82) is 0 Å². The summed E-state index contributed by atoms with van der Waals surface area (Å²) in [6.07, 6.45) is 34.8. The van der Waals surface area contributed by atoms with E-state index < -0.39 is 13.7 Å². The molecule has 0 N–H and O–H groups in total. The van der Waals surface area contributed by atoms with Crippen molar-refractivity contribution < 1.29 is 31.1 Å². The maximum absolute atomic E-state index is 7.65. The van der Waals surface area contributed by atoms with E-state index in [1.54, 1.807) is 18.5 Å². The number of aromatic nitrogens is 5. The molecular formula is C91H108B5N10+5. The van der Waals surface area contributed by atoms with Gasteiger partial charge in [-0.25, -0.2) is 22.8 Å². The lowest BCUT2D eigenvalue weighted by Crippen LogP contribution is -2.48. The molecule has 10 nitrogen and oxygen atoms in total. The van der Waals surface area contributed by atoms with Gasteiger partial charge < -0.3 is 0 Å². The Hall–Kier alpha value is -10.1. The van der Waals surface area contributed by atoms with Crippen LogP contribution >= 0.6 is 0 Å². The minimum Gasteiger partial charge on any atom is -0.293 e. The third-order valence-electron chi connectivity index (χ3n) is 22.2. The van der Waals surface area contributed by atoms with E-state index in [1.165, 1.54) is 151 Å². The highest BCUT2D eigenvalue weighted by Gasteiger charge is 2.33. The highest BCUT2D eigenvalue weighted by atomic mass is 15.2. The molecular weight excluding hydrogens is 1290 g/mol. The van der Waals surface area contributed by atoms with Gasteiger partial charge in [0.05, 0.1) is 97.2 Å². The Morgan fingerprint density at radius 2 is 0.708 bits per heavy atom. The molecule has 532 valence electrons. The maximum atomic E-state index is 7.65. The number of benzene rings is 5. The standard InChI is InChI=1S/C22H28BN2.C20H24BN2.C17H20BN2.2C16H18BN2/c1-23-16-20-10-6-7-11-21(20)17-25(23)22-15-19(12-13-24(22)2)14-18-8-4-3-5-9-18;1-21-14-18-9-5-6-10-19(18)15-23(21)20-13-17(11-12-22(20)2)16-7-3-4-8-16;1-13-9-17(19(4)11-14(13)2)20-12-16-8-6-5-7-15(16)10-18(20)3;1-13-8-9-16(18(3)11-13)19-12-15-7-5-4-6-14(15)10-17(19)2;1-13-8-9-18(3)16(10-13)19-12-15-7-5-4-6-14(15)11-17(19)2/h6-7,10-13,15-18H,3-5,8-9,14H2,1-2H3;5-6,9-16H,3-4,7-8H2,1-2H3;5-12H,1-4H3;2*4-12H,1-3H3/q5*+1/i;;2D3;1D3;. The van der Waals surface area contributed by atoms with Gasteiger partial charge in [0, 0.05) is 64.6 Å². The van der Waals surface area contributed by atoms with Crippen LogP contribution in [0.15, 0.2) is 207 Å². The molecule has 5 aromatic carbocycles. The third-order valence-corrected chi connectivity index (χ3v) is 22.2. The zero-order valence-corrected chi connectivity index (χ0v) is 64.5. The molecule has 10 aromatic rings. The summed E-state index contributed by atoms with van der Waals surface area (Å²) < 4.78 is 55.9. The van der Waals surface area contributed by atoms with Crippen molar-refractivity contribution in [3.8, 4) is 0 Å². The molecule has 10 heterocycles. The monoisotopic (exact) mass is 1400 g/mol. The average molecular weight is 1400 g/mol. The van der Waals surface area contributed by atoms with Crippen LogP contribution < -0.4 is 99.1 Å². The number of aryl methyl sites for hydroxylation is 9. The molecule has 5 aliphatic heterocycles. The molecule has 17 rings (SSSR count). The van der Waals surface area contributed by atoms with Crippen LogP contribution in [-0.4, -0.2) is 34.2 Å². The highest BCUT2D eigenvalue weighted by Crippen LogP contribution is 2.35. The number of nitrogens with zero attached hydrogens (tertiary/aromatic N) is 10. The molecule has 106 heavy (non-hydrogen) atoms. The van der Waals surface area contributed by atoms with Crippen LogP contribution in [0.4, 0.5) is 29.1 Å². The number of rotatable bonds is 8. The van der Waals surface area contributed by atoms with E-state index in [-0.39, 0.29) is 13.7 Å². The molecule has 0 radical (unpaired) electrons. The van der Waals surface area contributed by atoms with E-state index in [2.05, 4.69) is 313 Å². The van der Waals surface area contributed by atoms with Crippen molar-refractivity contribution in [3.05, 3.63) is 292 Å². The van der Waals surface area contributed by atoms with E-state index in [4.69, 9.17) is 8.22 Å². The molecule has 0 spiro atoms. The summed E-state index contributed by atoms with van der Waals surface area (Å²) in [5.41, 5.74) is 5.82. The van der Waals surface area contributed by atoms with Crippen LogP contribution in [0.5, 0.6) is 0 Å². The van der Waals surface area contributed by atoms with Crippen molar-refractivity contribution in [1.82, 2.24) is 0 Å². The van der Waals surface area contributed by atoms with Gasteiger partial charge in [-0.1, -0.05) is 196 Å². The second kappa shape index (κ2) is 33.5. The molecule has 0 saturated heterocycles. The lowest BCUT2D eigenvalue weighted by Gasteiger charge is -2.23. The van der Waals surface area contributed by atoms with Gasteiger partial charge in [-0.15, -0.1) is 0 Å². The Kier molecular flexibility index (Phi) is 21.1. The van der Waals surface area contributed by atoms with E-state index in [9.17, 15) is 0 Å². The van der Waals surface area contributed by atoms with Gasteiger partial charge in [0.1, 0.15) is 0 Å². The van der Waals surface area contributed by atoms with Crippen LogP contribution in [0, 0.1) is 33.5 Å². The molecule has 2 saturated carbocycles. The predicted molar refractivity (Wildman–Crippen MR) is 452 cm³/mol. The summed E-state index contributed by atoms with van der Waals surface area (Å²) in [6.45, 7) is 12.4. The van der Waals surface area contributed by atoms with Crippen molar-refractivity contribution in [2.75, 3.05) is 24.1 Å². The first-order chi connectivity index (χ1) is 53.7. The number of hydrogen-bond acceptors (Lipinski definition) is 5. The molecule has 0 amide bonds. The first-order valence-corrected chi connectivity index (χ1v) is 38.5. The summed E-state index contributed by atoms with van der Waals surface area (Å²) in [6, 6.07) is 61.7. The Bertz CT molecular complexity index is 5790. The number of hydrogen-bond donors (Lipinski definition) is 0. The fraction of sp³-hybridized carbons (Fsp3) is 0.286. The molecule has 7 aliphatic rings. The number of pyridine rings is 5. The van der Waals surface area contributed by atoms with Crippen LogP contribution in [0.25, 0.3) is 60.9 Å². The highest BCUT2D eigenvalue weighted by molar-refractivity contribution is 6.78. The van der Waals surface area contributed by atoms with Crippen molar-refractivity contribution in [2.45, 2.75) is 132 Å². The molecule has 0 atom stereocenters. The Labute approximate surface area is 641 Å². The van der Waals surface area contributed by atoms with E-state index in [1.807, 2.05) is 66.6 Å². The Balaban J connectivity index is 0.000000123. The zero-order valence-electron chi connectivity index (χ0n) is 70.5. The minimum absolute atomic E-state index is 0.203. The largest absolute Gasteiger partial charge is 0.402 e. The van der Waals surface area contributed by atoms with E-state index >= 15 is 0 Å². The minimum atomic E-state index is -2.09. The summed E-state index contributed by atoms with van der Waals surface area (Å²) >= 11 is 0. The van der Waals surface area contributed by atoms with Crippen molar-refractivity contribution in [2.24, 2.45) is 41.2 Å². The quantitative estimate of drug-likeness (QED) is 0.113. The SMILES string of the molecule is CB1C=c2ccccc2=CN1c1cc(C)cc[n+]1C.CB1C=c2ccccc2=CN1c1cc(C2CCCC2)cc[n+]1C.CB1C=c2ccccc2=CN1c1cc(CC2CCCCC2)cc[n+]1C.[2H]C([2H])([2H])c1c[n+](C)c(N2C=c3ccccc3=CB2C)cc1C.[2H]C([2H])([2H])c1ccc(N2C=c3ccccc3=CB2C)[n+](C)c1.